The van der Waals surface area contributed by atoms with Crippen molar-refractivity contribution in [2.75, 3.05) is 24.7 Å². The molecular weight excluding hydrogens is 394 g/mol. The predicted molar refractivity (Wildman–Crippen MR) is 108 cm³/mol. The summed E-state index contributed by atoms with van der Waals surface area (Å²) in [7, 11) is -3.12. The molecule has 1 atom stereocenters. The first kappa shape index (κ1) is 21.0. The number of rotatable bonds is 7. The summed E-state index contributed by atoms with van der Waals surface area (Å²) in [6.07, 6.45) is 0.412. The second-order valence-corrected chi connectivity index (χ2v) is 9.83. The van der Waals surface area contributed by atoms with Gasteiger partial charge in [0.1, 0.15) is 5.69 Å². The molecule has 1 amide bonds. The fourth-order valence-corrected chi connectivity index (χ4v) is 5.07. The lowest BCUT2D eigenvalue weighted by molar-refractivity contribution is -0.137. The van der Waals surface area contributed by atoms with E-state index in [0.29, 0.717) is 18.7 Å². The quantitative estimate of drug-likeness (QED) is 0.687. The third-order valence-electron chi connectivity index (χ3n) is 4.73. The zero-order valence-corrected chi connectivity index (χ0v) is 17.3. The number of amides is 1. The van der Waals surface area contributed by atoms with Crippen LogP contribution in [-0.2, 0) is 19.4 Å². The highest BCUT2D eigenvalue weighted by atomic mass is 32.2. The molecule has 3 rings (SSSR count). The highest BCUT2D eigenvalue weighted by Gasteiger charge is 2.35. The minimum Gasteiger partial charge on any atom is -0.451 e. The molecule has 9 heteroatoms. The highest BCUT2D eigenvalue weighted by Crippen LogP contribution is 2.20. The number of aromatic amines is 1. The van der Waals surface area contributed by atoms with E-state index in [1.54, 1.807) is 6.07 Å². The topological polar surface area (TPSA) is 109 Å². The molecule has 156 valence electrons. The SMILES string of the molecule is CC(C)CN(C(=O)COC(=O)c1cc(-c2ccccc2)n[nH]1)[C@H]1CCS(=O)(=O)C1. The fourth-order valence-electron chi connectivity index (χ4n) is 3.34. The summed E-state index contributed by atoms with van der Waals surface area (Å²) in [5.74, 6) is -0.872. The summed E-state index contributed by atoms with van der Waals surface area (Å²) in [6.45, 7) is 3.87. The maximum atomic E-state index is 12.7. The van der Waals surface area contributed by atoms with Gasteiger partial charge in [-0.1, -0.05) is 44.2 Å². The highest BCUT2D eigenvalue weighted by molar-refractivity contribution is 7.91. The molecule has 8 nitrogen and oxygen atoms in total. The average Bonchev–Trinajstić information content (AvgIpc) is 3.31. The van der Waals surface area contributed by atoms with Gasteiger partial charge in [-0.05, 0) is 18.4 Å². The average molecular weight is 420 g/mol. The van der Waals surface area contributed by atoms with Gasteiger partial charge in [-0.2, -0.15) is 5.10 Å². The molecule has 2 heterocycles. The number of ether oxygens (including phenoxy) is 1. The largest absolute Gasteiger partial charge is 0.451 e. The number of esters is 1. The van der Waals surface area contributed by atoms with Gasteiger partial charge in [-0.15, -0.1) is 0 Å². The molecule has 0 aliphatic carbocycles. The van der Waals surface area contributed by atoms with Gasteiger partial charge in [0, 0.05) is 18.2 Å². The lowest BCUT2D eigenvalue weighted by Crippen LogP contribution is -2.45. The number of carbonyl (C=O) groups is 2. The molecule has 1 N–H and O–H groups in total. The van der Waals surface area contributed by atoms with E-state index in [9.17, 15) is 18.0 Å². The number of aromatic nitrogens is 2. The molecule has 0 radical (unpaired) electrons. The molecule has 1 saturated heterocycles. The summed E-state index contributed by atoms with van der Waals surface area (Å²) in [6, 6.07) is 10.6. The van der Waals surface area contributed by atoms with Gasteiger partial charge in [0.05, 0.1) is 17.2 Å². The lowest BCUT2D eigenvalue weighted by atomic mass is 10.1. The summed E-state index contributed by atoms with van der Waals surface area (Å²) in [4.78, 5) is 26.5. The monoisotopic (exact) mass is 419 g/mol. The van der Waals surface area contributed by atoms with Crippen molar-refractivity contribution in [3.8, 4) is 11.3 Å². The molecular formula is C20H25N3O5S. The number of nitrogens with zero attached hydrogens (tertiary/aromatic N) is 2. The lowest BCUT2D eigenvalue weighted by Gasteiger charge is -2.29. The molecule has 0 saturated carbocycles. The minimum absolute atomic E-state index is 0.0413. The Kier molecular flexibility index (Phi) is 6.36. The first-order chi connectivity index (χ1) is 13.7. The van der Waals surface area contributed by atoms with Gasteiger partial charge in [-0.25, -0.2) is 13.2 Å². The Morgan fingerprint density at radius 1 is 1.28 bits per heavy atom. The van der Waals surface area contributed by atoms with E-state index in [1.807, 2.05) is 44.2 Å². The van der Waals surface area contributed by atoms with Gasteiger partial charge in [-0.3, -0.25) is 9.89 Å². The van der Waals surface area contributed by atoms with Gasteiger partial charge < -0.3 is 9.64 Å². The van der Waals surface area contributed by atoms with Crippen molar-refractivity contribution < 1.29 is 22.7 Å². The van der Waals surface area contributed by atoms with Gasteiger partial charge >= 0.3 is 5.97 Å². The van der Waals surface area contributed by atoms with Crippen LogP contribution in [0.4, 0.5) is 0 Å². The van der Waals surface area contributed by atoms with Crippen molar-refractivity contribution >= 4 is 21.7 Å². The van der Waals surface area contributed by atoms with Crippen molar-refractivity contribution in [1.82, 2.24) is 15.1 Å². The standard InChI is InChI=1S/C20H25N3O5S/c1-14(2)11-23(16-8-9-29(26,27)13-16)19(24)12-28-20(25)18-10-17(21-22-18)15-6-4-3-5-7-15/h3-7,10,14,16H,8-9,11-13H2,1-2H3,(H,21,22)/t16-/m0/s1. The van der Waals surface area contributed by atoms with Gasteiger partial charge in [0.15, 0.2) is 16.4 Å². The molecule has 1 aliphatic heterocycles. The zero-order valence-electron chi connectivity index (χ0n) is 16.5. The molecule has 1 fully saturated rings. The fraction of sp³-hybridized carbons (Fsp3) is 0.450. The van der Waals surface area contributed by atoms with Crippen LogP contribution in [0, 0.1) is 5.92 Å². The van der Waals surface area contributed by atoms with Gasteiger partial charge in [0.2, 0.25) is 0 Å². The Morgan fingerprint density at radius 2 is 2.00 bits per heavy atom. The van der Waals surface area contributed by atoms with Crippen LogP contribution in [0.3, 0.4) is 0 Å². The van der Waals surface area contributed by atoms with E-state index in [2.05, 4.69) is 10.2 Å². The van der Waals surface area contributed by atoms with Crippen molar-refractivity contribution in [3.05, 3.63) is 42.1 Å². The van der Waals surface area contributed by atoms with E-state index in [-0.39, 0.29) is 29.2 Å². The third kappa shape index (κ3) is 5.44. The molecule has 1 aromatic heterocycles. The number of H-pyrrole nitrogens is 1. The Labute approximate surface area is 170 Å². The number of hydrogen-bond donors (Lipinski definition) is 1. The van der Waals surface area contributed by atoms with E-state index < -0.39 is 28.3 Å². The summed E-state index contributed by atoms with van der Waals surface area (Å²) >= 11 is 0. The maximum absolute atomic E-state index is 12.7. The van der Waals surface area contributed by atoms with Crippen LogP contribution >= 0.6 is 0 Å². The van der Waals surface area contributed by atoms with E-state index in [4.69, 9.17) is 4.74 Å². The molecule has 0 spiro atoms. The van der Waals surface area contributed by atoms with Crippen LogP contribution in [-0.4, -0.2) is 66.1 Å². The third-order valence-corrected chi connectivity index (χ3v) is 6.48. The van der Waals surface area contributed by atoms with Crippen LogP contribution in [0.2, 0.25) is 0 Å². The first-order valence-corrected chi connectivity index (χ1v) is 11.3. The van der Waals surface area contributed by atoms with Crippen LogP contribution in [0.5, 0.6) is 0 Å². The Hall–Kier alpha value is -2.68. The summed E-state index contributed by atoms with van der Waals surface area (Å²) in [5, 5.41) is 6.73. The van der Waals surface area contributed by atoms with Crippen molar-refractivity contribution in [2.45, 2.75) is 26.3 Å². The summed E-state index contributed by atoms with van der Waals surface area (Å²) in [5.41, 5.74) is 1.60. The minimum atomic E-state index is -3.12. The molecule has 1 aliphatic rings. The van der Waals surface area contributed by atoms with Crippen LogP contribution in [0.15, 0.2) is 36.4 Å². The van der Waals surface area contributed by atoms with Crippen molar-refractivity contribution in [3.63, 3.8) is 0 Å². The number of carbonyl (C=O) groups excluding carboxylic acids is 2. The molecule has 2 aromatic rings. The molecule has 0 unspecified atom stereocenters. The normalized spacial score (nSPS) is 18.0. The molecule has 0 bridgehead atoms. The Morgan fingerprint density at radius 3 is 2.62 bits per heavy atom. The first-order valence-electron chi connectivity index (χ1n) is 9.53. The molecule has 1 aromatic carbocycles. The number of sulfone groups is 1. The molecule has 29 heavy (non-hydrogen) atoms. The van der Waals surface area contributed by atoms with Crippen LogP contribution in [0.1, 0.15) is 30.8 Å². The Bertz CT molecular complexity index is 969. The maximum Gasteiger partial charge on any atom is 0.356 e. The number of hydrogen-bond acceptors (Lipinski definition) is 6. The van der Waals surface area contributed by atoms with Crippen molar-refractivity contribution in [1.29, 1.82) is 0 Å². The second-order valence-electron chi connectivity index (χ2n) is 7.61. The van der Waals surface area contributed by atoms with E-state index >= 15 is 0 Å². The Balaban J connectivity index is 1.62. The number of benzene rings is 1. The zero-order chi connectivity index (χ0) is 21.0. The smallest absolute Gasteiger partial charge is 0.356 e. The van der Waals surface area contributed by atoms with Gasteiger partial charge in [0.25, 0.3) is 5.91 Å². The second kappa shape index (κ2) is 8.77. The van der Waals surface area contributed by atoms with E-state index in [1.165, 1.54) is 4.90 Å². The predicted octanol–water partition coefficient (Wildman–Crippen LogP) is 1.91. The number of nitrogens with one attached hydrogen (secondary N) is 1. The van der Waals surface area contributed by atoms with Crippen LogP contribution < -0.4 is 0 Å². The summed E-state index contributed by atoms with van der Waals surface area (Å²) < 4.78 is 28.7. The van der Waals surface area contributed by atoms with Crippen LogP contribution in [0.25, 0.3) is 11.3 Å². The van der Waals surface area contributed by atoms with E-state index in [0.717, 1.165) is 5.56 Å². The van der Waals surface area contributed by atoms with Crippen molar-refractivity contribution in [2.24, 2.45) is 5.92 Å².